The van der Waals surface area contributed by atoms with Crippen LogP contribution >= 0.6 is 11.6 Å². The number of hydrogen-bond acceptors (Lipinski definition) is 2. The number of anilines is 1. The van der Waals surface area contributed by atoms with Crippen molar-refractivity contribution in [3.63, 3.8) is 0 Å². The molecule has 0 bridgehead atoms. The number of imidazole rings is 1. The van der Waals surface area contributed by atoms with Crippen molar-refractivity contribution in [1.29, 1.82) is 0 Å². The molecule has 0 radical (unpaired) electrons. The van der Waals surface area contributed by atoms with E-state index < -0.39 is 0 Å². The van der Waals surface area contributed by atoms with Crippen LogP contribution in [0.15, 0.2) is 66.7 Å². The zero-order chi connectivity index (χ0) is 18.1. The first kappa shape index (κ1) is 16.4. The van der Waals surface area contributed by atoms with Crippen LogP contribution < -0.4 is 5.32 Å². The Kier molecular flexibility index (Phi) is 4.19. The van der Waals surface area contributed by atoms with Gasteiger partial charge in [0.05, 0.1) is 11.0 Å². The van der Waals surface area contributed by atoms with Crippen molar-refractivity contribution in [3.05, 3.63) is 82.9 Å². The third kappa shape index (κ3) is 3.19. The number of amides is 1. The fourth-order valence-corrected chi connectivity index (χ4v) is 2.92. The summed E-state index contributed by atoms with van der Waals surface area (Å²) in [5.41, 5.74) is 5.10. The Balaban J connectivity index is 1.65. The molecular weight excluding hydrogens is 346 g/mol. The number of carbonyl (C=O) groups excluding carboxylic acids is 1. The second kappa shape index (κ2) is 6.65. The van der Waals surface area contributed by atoms with Crippen LogP contribution in [0.25, 0.3) is 22.4 Å². The molecule has 4 aromatic rings. The number of fused-ring (bicyclic) bond motifs is 1. The maximum absolute atomic E-state index is 12.5. The largest absolute Gasteiger partial charge is 0.338 e. The predicted octanol–water partition coefficient (Wildman–Crippen LogP) is 5.44. The molecule has 0 saturated heterocycles. The summed E-state index contributed by atoms with van der Waals surface area (Å²) in [6.07, 6.45) is 0. The number of rotatable bonds is 3. The Hall–Kier alpha value is -3.11. The fraction of sp³-hybridized carbons (Fsp3) is 0.0476. The molecule has 0 fully saturated rings. The molecule has 128 valence electrons. The zero-order valence-electron chi connectivity index (χ0n) is 14.1. The number of benzene rings is 3. The molecule has 4 nitrogen and oxygen atoms in total. The Morgan fingerprint density at radius 3 is 2.58 bits per heavy atom. The van der Waals surface area contributed by atoms with Gasteiger partial charge >= 0.3 is 0 Å². The standard InChI is InChI=1S/C21H16ClN3O/c1-13-6-7-15(20-23-17-4-2-3-5-18(17)24-20)12-19(13)25-21(26)14-8-10-16(22)11-9-14/h2-12H,1H3,(H,23,24)(H,25,26). The summed E-state index contributed by atoms with van der Waals surface area (Å²) in [7, 11) is 0. The molecule has 1 aromatic heterocycles. The van der Waals surface area contributed by atoms with Crippen molar-refractivity contribution in [2.24, 2.45) is 0 Å². The van der Waals surface area contributed by atoms with Gasteiger partial charge in [-0.25, -0.2) is 4.98 Å². The van der Waals surface area contributed by atoms with E-state index in [0.717, 1.165) is 33.7 Å². The molecule has 0 saturated carbocycles. The van der Waals surface area contributed by atoms with Crippen LogP contribution in [0.4, 0.5) is 5.69 Å². The lowest BCUT2D eigenvalue weighted by Crippen LogP contribution is -2.12. The van der Waals surface area contributed by atoms with E-state index in [9.17, 15) is 4.79 Å². The van der Waals surface area contributed by atoms with E-state index in [4.69, 9.17) is 11.6 Å². The molecule has 2 N–H and O–H groups in total. The minimum Gasteiger partial charge on any atom is -0.338 e. The summed E-state index contributed by atoms with van der Waals surface area (Å²) in [6.45, 7) is 1.96. The third-order valence-electron chi connectivity index (χ3n) is 4.25. The van der Waals surface area contributed by atoms with Gasteiger partial charge in [-0.1, -0.05) is 35.9 Å². The third-order valence-corrected chi connectivity index (χ3v) is 4.51. The van der Waals surface area contributed by atoms with E-state index in [0.29, 0.717) is 10.6 Å². The van der Waals surface area contributed by atoms with Crippen LogP contribution in [0.2, 0.25) is 5.02 Å². The SMILES string of the molecule is Cc1ccc(-c2nc3ccccc3[nH]2)cc1NC(=O)c1ccc(Cl)cc1. The summed E-state index contributed by atoms with van der Waals surface area (Å²) in [5, 5.41) is 3.57. The number of para-hydroxylation sites is 2. The lowest BCUT2D eigenvalue weighted by atomic mass is 10.1. The van der Waals surface area contributed by atoms with Gasteiger partial charge in [0.15, 0.2) is 0 Å². The van der Waals surface area contributed by atoms with Gasteiger partial charge in [0.25, 0.3) is 5.91 Å². The predicted molar refractivity (Wildman–Crippen MR) is 106 cm³/mol. The van der Waals surface area contributed by atoms with E-state index in [1.54, 1.807) is 24.3 Å². The normalized spacial score (nSPS) is 10.8. The van der Waals surface area contributed by atoms with Crippen molar-refractivity contribution in [3.8, 4) is 11.4 Å². The lowest BCUT2D eigenvalue weighted by molar-refractivity contribution is 0.102. The van der Waals surface area contributed by atoms with Crippen molar-refractivity contribution < 1.29 is 4.79 Å². The molecule has 5 heteroatoms. The van der Waals surface area contributed by atoms with E-state index in [-0.39, 0.29) is 5.91 Å². The first-order chi connectivity index (χ1) is 12.6. The monoisotopic (exact) mass is 361 g/mol. The number of halogens is 1. The molecule has 4 rings (SSSR count). The van der Waals surface area contributed by atoms with Crippen LogP contribution in [0.5, 0.6) is 0 Å². The average molecular weight is 362 g/mol. The molecular formula is C21H16ClN3O. The lowest BCUT2D eigenvalue weighted by Gasteiger charge is -2.10. The second-order valence-electron chi connectivity index (χ2n) is 6.09. The summed E-state index contributed by atoms with van der Waals surface area (Å²) >= 11 is 5.88. The van der Waals surface area contributed by atoms with Gasteiger partial charge in [-0.3, -0.25) is 4.79 Å². The molecule has 1 amide bonds. The Labute approximate surface area is 155 Å². The molecule has 0 unspecified atom stereocenters. The highest BCUT2D eigenvalue weighted by Gasteiger charge is 2.11. The van der Waals surface area contributed by atoms with Crippen LogP contribution in [0.3, 0.4) is 0 Å². The molecule has 0 spiro atoms. The van der Waals surface area contributed by atoms with Crippen molar-refractivity contribution in [2.45, 2.75) is 6.92 Å². The van der Waals surface area contributed by atoms with E-state index in [1.807, 2.05) is 49.4 Å². The highest BCUT2D eigenvalue weighted by atomic mass is 35.5. The number of H-pyrrole nitrogens is 1. The molecule has 0 aliphatic heterocycles. The zero-order valence-corrected chi connectivity index (χ0v) is 14.8. The van der Waals surface area contributed by atoms with Crippen LogP contribution in [0, 0.1) is 6.92 Å². The first-order valence-electron chi connectivity index (χ1n) is 8.23. The number of aromatic nitrogens is 2. The smallest absolute Gasteiger partial charge is 0.255 e. The van der Waals surface area contributed by atoms with Gasteiger partial charge < -0.3 is 10.3 Å². The van der Waals surface area contributed by atoms with Crippen LogP contribution in [0.1, 0.15) is 15.9 Å². The number of nitrogens with one attached hydrogen (secondary N) is 2. The van der Waals surface area contributed by atoms with Crippen molar-refractivity contribution in [1.82, 2.24) is 9.97 Å². The highest BCUT2D eigenvalue weighted by Crippen LogP contribution is 2.26. The van der Waals surface area contributed by atoms with Gasteiger partial charge in [0.2, 0.25) is 0 Å². The number of hydrogen-bond donors (Lipinski definition) is 2. The van der Waals surface area contributed by atoms with Gasteiger partial charge in [-0.2, -0.15) is 0 Å². The van der Waals surface area contributed by atoms with Crippen molar-refractivity contribution >= 4 is 34.2 Å². The highest BCUT2D eigenvalue weighted by molar-refractivity contribution is 6.30. The average Bonchev–Trinajstić information content (AvgIpc) is 3.08. The maximum Gasteiger partial charge on any atom is 0.255 e. The Bertz CT molecular complexity index is 1070. The molecule has 0 atom stereocenters. The van der Waals surface area contributed by atoms with Crippen LogP contribution in [-0.2, 0) is 0 Å². The van der Waals surface area contributed by atoms with E-state index in [1.165, 1.54) is 0 Å². The fourth-order valence-electron chi connectivity index (χ4n) is 2.79. The minimum absolute atomic E-state index is 0.175. The van der Waals surface area contributed by atoms with Gasteiger partial charge in [0, 0.05) is 21.8 Å². The van der Waals surface area contributed by atoms with E-state index in [2.05, 4.69) is 15.3 Å². The number of aromatic amines is 1. The summed E-state index contributed by atoms with van der Waals surface area (Å²) in [5.74, 6) is 0.597. The van der Waals surface area contributed by atoms with Crippen molar-refractivity contribution in [2.75, 3.05) is 5.32 Å². The summed E-state index contributed by atoms with van der Waals surface area (Å²) in [4.78, 5) is 20.4. The van der Waals surface area contributed by atoms with Gasteiger partial charge in [-0.05, 0) is 55.0 Å². The van der Waals surface area contributed by atoms with Gasteiger partial charge in [-0.15, -0.1) is 0 Å². The molecule has 0 aliphatic carbocycles. The van der Waals surface area contributed by atoms with Gasteiger partial charge in [0.1, 0.15) is 5.82 Å². The number of carbonyl (C=O) groups is 1. The minimum atomic E-state index is -0.175. The van der Waals surface area contributed by atoms with E-state index >= 15 is 0 Å². The Morgan fingerprint density at radius 2 is 1.81 bits per heavy atom. The molecule has 26 heavy (non-hydrogen) atoms. The molecule has 3 aromatic carbocycles. The Morgan fingerprint density at radius 1 is 1.04 bits per heavy atom. The number of nitrogens with zero attached hydrogens (tertiary/aromatic N) is 1. The first-order valence-corrected chi connectivity index (χ1v) is 8.61. The maximum atomic E-state index is 12.5. The quantitative estimate of drug-likeness (QED) is 0.510. The summed E-state index contributed by atoms with van der Waals surface area (Å²) in [6, 6.07) is 20.6. The topological polar surface area (TPSA) is 57.8 Å². The molecule has 1 heterocycles. The summed E-state index contributed by atoms with van der Waals surface area (Å²) < 4.78 is 0. The van der Waals surface area contributed by atoms with Crippen LogP contribution in [-0.4, -0.2) is 15.9 Å². The second-order valence-corrected chi connectivity index (χ2v) is 6.53. The number of aryl methyl sites for hydroxylation is 1. The molecule has 0 aliphatic rings.